The number of nitrogens with zero attached hydrogens (tertiary/aromatic N) is 2. The summed E-state index contributed by atoms with van der Waals surface area (Å²) in [5.41, 5.74) is 3.06. The molecular weight excluding hydrogens is 352 g/mol. The lowest BCUT2D eigenvalue weighted by Crippen LogP contribution is -2.35. The molecule has 9 nitrogen and oxygen atoms in total. The Kier molecular flexibility index (Phi) is 4.43. The first-order valence-electron chi connectivity index (χ1n) is 8.36. The van der Waals surface area contributed by atoms with Crippen LogP contribution in [0, 0.1) is 0 Å². The molecule has 2 aliphatic heterocycles. The topological polar surface area (TPSA) is 110 Å². The fraction of sp³-hybridized carbons (Fsp3) is 0.222. The molecule has 9 heteroatoms. The van der Waals surface area contributed by atoms with Crippen molar-refractivity contribution in [2.45, 2.75) is 12.5 Å². The third-order valence-corrected chi connectivity index (χ3v) is 4.19. The van der Waals surface area contributed by atoms with E-state index in [-0.39, 0.29) is 43.2 Å². The Balaban J connectivity index is 1.40. The predicted octanol–water partition coefficient (Wildman–Crippen LogP) is 0.879. The van der Waals surface area contributed by atoms with Crippen molar-refractivity contribution in [2.75, 3.05) is 23.4 Å². The molecule has 4 rings (SSSR count). The monoisotopic (exact) mass is 368 g/mol. The highest BCUT2D eigenvalue weighted by molar-refractivity contribution is 5.97. The van der Waals surface area contributed by atoms with E-state index in [1.54, 1.807) is 42.5 Å². The maximum atomic E-state index is 12.3. The van der Waals surface area contributed by atoms with Crippen molar-refractivity contribution in [3.63, 3.8) is 0 Å². The van der Waals surface area contributed by atoms with Crippen LogP contribution in [0.15, 0.2) is 42.5 Å². The summed E-state index contributed by atoms with van der Waals surface area (Å²) in [4.78, 5) is 46.6. The van der Waals surface area contributed by atoms with E-state index in [4.69, 9.17) is 9.57 Å². The van der Waals surface area contributed by atoms with Crippen LogP contribution >= 0.6 is 0 Å². The van der Waals surface area contributed by atoms with Gasteiger partial charge in [-0.1, -0.05) is 18.2 Å². The molecule has 2 aromatic rings. The van der Waals surface area contributed by atoms with Gasteiger partial charge >= 0.3 is 5.97 Å². The van der Waals surface area contributed by atoms with Crippen LogP contribution in [-0.4, -0.2) is 42.0 Å². The minimum atomic E-state index is -0.520. The molecule has 0 bridgehead atoms. The Morgan fingerprint density at radius 1 is 1.22 bits per heavy atom. The Bertz CT molecular complexity index is 902. The van der Waals surface area contributed by atoms with Crippen molar-refractivity contribution in [1.82, 2.24) is 10.5 Å². The van der Waals surface area contributed by atoms with Crippen molar-refractivity contribution >= 4 is 29.4 Å². The lowest BCUT2D eigenvalue weighted by Gasteiger charge is -2.21. The second-order valence-electron chi connectivity index (χ2n) is 6.13. The number of fused-ring (bicyclic) bond motifs is 1. The second-order valence-corrected chi connectivity index (χ2v) is 6.13. The predicted molar refractivity (Wildman–Crippen MR) is 94.1 cm³/mol. The number of carbonyl (C=O) groups excluding carboxylic acids is 3. The number of carbonyl (C=O) groups is 3. The highest BCUT2D eigenvalue weighted by Gasteiger charge is 2.33. The molecule has 3 heterocycles. The number of anilines is 2. The highest BCUT2D eigenvalue weighted by Crippen LogP contribution is 2.29. The minimum Gasteiger partial charge on any atom is -0.480 e. The Hall–Kier alpha value is -3.46. The Labute approximate surface area is 154 Å². The van der Waals surface area contributed by atoms with Crippen LogP contribution in [0.1, 0.15) is 16.8 Å². The summed E-state index contributed by atoms with van der Waals surface area (Å²) >= 11 is 0. The molecule has 2 aliphatic rings. The number of hydroxylamine groups is 1. The SMILES string of the molecule is O=C1COc2ccc(N3C[C@H](NOC(=O)c4ccccc4)CC3=O)nc2N1. The van der Waals surface area contributed by atoms with Gasteiger partial charge in [0.05, 0.1) is 11.6 Å². The number of benzene rings is 1. The maximum absolute atomic E-state index is 12.3. The first kappa shape index (κ1) is 17.0. The minimum absolute atomic E-state index is 0.0601. The van der Waals surface area contributed by atoms with Crippen LogP contribution in [0.5, 0.6) is 5.75 Å². The third-order valence-electron chi connectivity index (χ3n) is 4.19. The van der Waals surface area contributed by atoms with Gasteiger partial charge in [-0.15, -0.1) is 5.48 Å². The van der Waals surface area contributed by atoms with Crippen LogP contribution in [-0.2, 0) is 14.4 Å². The molecular formula is C18H16N4O5. The van der Waals surface area contributed by atoms with Crippen LogP contribution < -0.4 is 20.4 Å². The average molecular weight is 368 g/mol. The lowest BCUT2D eigenvalue weighted by atomic mass is 10.2. The van der Waals surface area contributed by atoms with Gasteiger partial charge in [0.1, 0.15) is 5.82 Å². The molecule has 27 heavy (non-hydrogen) atoms. The molecule has 1 aromatic carbocycles. The van der Waals surface area contributed by atoms with E-state index in [1.165, 1.54) is 4.90 Å². The number of nitrogens with one attached hydrogen (secondary N) is 2. The van der Waals surface area contributed by atoms with E-state index in [0.717, 1.165) is 0 Å². The molecule has 1 aromatic heterocycles. The molecule has 0 spiro atoms. The molecule has 1 fully saturated rings. The van der Waals surface area contributed by atoms with Gasteiger partial charge in [0.25, 0.3) is 5.91 Å². The third kappa shape index (κ3) is 3.58. The number of hydrogen-bond donors (Lipinski definition) is 2. The molecule has 1 atom stereocenters. The molecule has 2 amide bonds. The normalized spacial score (nSPS) is 18.5. The lowest BCUT2D eigenvalue weighted by molar-refractivity contribution is -0.119. The van der Waals surface area contributed by atoms with Gasteiger partial charge in [-0.25, -0.2) is 9.78 Å². The fourth-order valence-electron chi connectivity index (χ4n) is 2.88. The van der Waals surface area contributed by atoms with Crippen molar-refractivity contribution in [2.24, 2.45) is 0 Å². The highest BCUT2D eigenvalue weighted by atomic mass is 16.7. The van der Waals surface area contributed by atoms with Gasteiger partial charge in [0, 0.05) is 13.0 Å². The van der Waals surface area contributed by atoms with Gasteiger partial charge < -0.3 is 14.9 Å². The summed E-state index contributed by atoms with van der Waals surface area (Å²) in [5, 5.41) is 2.61. The zero-order valence-corrected chi connectivity index (χ0v) is 14.2. The standard InChI is InChI=1S/C18H16N4O5/c23-15-10-26-13-6-7-14(19-17(13)20-15)22-9-12(8-16(22)24)21-27-18(25)11-4-2-1-3-5-11/h1-7,12,21H,8-10H2,(H,19,20,23)/t12-/m1/s1. The molecule has 0 aliphatic carbocycles. The van der Waals surface area contributed by atoms with E-state index in [9.17, 15) is 14.4 Å². The molecule has 0 unspecified atom stereocenters. The van der Waals surface area contributed by atoms with E-state index < -0.39 is 5.97 Å². The smallest absolute Gasteiger partial charge is 0.356 e. The summed E-state index contributed by atoms with van der Waals surface area (Å²) in [6.07, 6.45) is 0.156. The molecule has 1 saturated heterocycles. The molecule has 0 radical (unpaired) electrons. The van der Waals surface area contributed by atoms with Gasteiger partial charge in [0.2, 0.25) is 5.91 Å². The van der Waals surface area contributed by atoms with Crippen molar-refractivity contribution < 1.29 is 24.0 Å². The quantitative estimate of drug-likeness (QED) is 0.771. The van der Waals surface area contributed by atoms with Gasteiger partial charge in [0.15, 0.2) is 18.2 Å². The van der Waals surface area contributed by atoms with Gasteiger partial charge in [-0.05, 0) is 24.3 Å². The summed E-state index contributed by atoms with van der Waals surface area (Å²) in [7, 11) is 0. The second kappa shape index (κ2) is 7.04. The van der Waals surface area contributed by atoms with Crippen LogP contribution in [0.2, 0.25) is 0 Å². The summed E-state index contributed by atoms with van der Waals surface area (Å²) in [5.74, 6) is 0.141. The number of aromatic nitrogens is 1. The van der Waals surface area contributed by atoms with E-state index in [1.807, 2.05) is 0 Å². The first-order valence-corrected chi connectivity index (χ1v) is 8.36. The van der Waals surface area contributed by atoms with Crippen molar-refractivity contribution in [3.8, 4) is 5.75 Å². The van der Waals surface area contributed by atoms with E-state index in [0.29, 0.717) is 17.1 Å². The van der Waals surface area contributed by atoms with Gasteiger partial charge in [-0.2, -0.15) is 0 Å². The molecule has 2 N–H and O–H groups in total. The van der Waals surface area contributed by atoms with Gasteiger partial charge in [-0.3, -0.25) is 14.5 Å². The summed E-state index contributed by atoms with van der Waals surface area (Å²) < 4.78 is 5.26. The zero-order valence-electron chi connectivity index (χ0n) is 14.2. The number of hydrogen-bond acceptors (Lipinski definition) is 7. The maximum Gasteiger partial charge on any atom is 0.356 e. The number of ether oxygens (including phenoxy) is 1. The first-order chi connectivity index (χ1) is 13.1. The average Bonchev–Trinajstić information content (AvgIpc) is 3.06. The van der Waals surface area contributed by atoms with Crippen molar-refractivity contribution in [1.29, 1.82) is 0 Å². The Morgan fingerprint density at radius 3 is 2.85 bits per heavy atom. The summed E-state index contributed by atoms with van der Waals surface area (Å²) in [6, 6.07) is 11.5. The van der Waals surface area contributed by atoms with E-state index >= 15 is 0 Å². The Morgan fingerprint density at radius 2 is 2.04 bits per heavy atom. The molecule has 138 valence electrons. The number of rotatable bonds is 4. The van der Waals surface area contributed by atoms with Crippen LogP contribution in [0.25, 0.3) is 0 Å². The van der Waals surface area contributed by atoms with Crippen LogP contribution in [0.3, 0.4) is 0 Å². The van der Waals surface area contributed by atoms with Crippen molar-refractivity contribution in [3.05, 3.63) is 48.0 Å². The fourth-order valence-corrected chi connectivity index (χ4v) is 2.88. The molecule has 0 saturated carbocycles. The largest absolute Gasteiger partial charge is 0.480 e. The zero-order chi connectivity index (χ0) is 18.8. The van der Waals surface area contributed by atoms with Crippen LogP contribution in [0.4, 0.5) is 11.6 Å². The number of pyridine rings is 1. The number of amides is 2. The van der Waals surface area contributed by atoms with E-state index in [2.05, 4.69) is 15.8 Å². The summed E-state index contributed by atoms with van der Waals surface area (Å²) in [6.45, 7) is 0.219.